The molecule has 0 spiro atoms. The summed E-state index contributed by atoms with van der Waals surface area (Å²) in [5, 5.41) is 2.86. The molecule has 5 rings (SSSR count). The molecule has 3 aromatic rings. The van der Waals surface area contributed by atoms with E-state index in [1.165, 1.54) is 4.57 Å². The molecule has 3 heterocycles. The number of carbonyl (C=O) groups excluding carboxylic acids is 2. The second-order valence-electron chi connectivity index (χ2n) is 9.00. The first-order valence-corrected chi connectivity index (χ1v) is 13.9. The van der Waals surface area contributed by atoms with E-state index in [0.29, 0.717) is 50.6 Å². The van der Waals surface area contributed by atoms with E-state index < -0.39 is 17.6 Å². The zero-order chi connectivity index (χ0) is 27.1. The Kier molecular flexibility index (Phi) is 7.11. The van der Waals surface area contributed by atoms with Crippen molar-refractivity contribution < 1.29 is 19.1 Å². The number of nitrogens with one attached hydrogen (secondary N) is 1. The molecule has 1 atom stereocenters. The predicted molar refractivity (Wildman–Crippen MR) is 149 cm³/mol. The molecule has 10 heteroatoms. The monoisotopic (exact) mass is 595 g/mol. The highest BCUT2D eigenvalue weighted by atomic mass is 79.9. The van der Waals surface area contributed by atoms with Gasteiger partial charge in [-0.3, -0.25) is 14.2 Å². The fourth-order valence-corrected chi connectivity index (χ4v) is 6.39. The van der Waals surface area contributed by atoms with E-state index in [-0.39, 0.29) is 17.0 Å². The Morgan fingerprint density at radius 1 is 1.18 bits per heavy atom. The van der Waals surface area contributed by atoms with Crippen LogP contribution < -0.4 is 24.9 Å². The van der Waals surface area contributed by atoms with Gasteiger partial charge in [0.1, 0.15) is 16.3 Å². The molecule has 2 aliphatic rings. The second kappa shape index (κ2) is 10.3. The minimum Gasteiger partial charge on any atom is -0.496 e. The van der Waals surface area contributed by atoms with Gasteiger partial charge in [-0.1, -0.05) is 52.2 Å². The number of halogens is 1. The number of carbonyl (C=O) groups is 2. The van der Waals surface area contributed by atoms with Gasteiger partial charge in [0, 0.05) is 21.3 Å². The highest BCUT2D eigenvalue weighted by Gasteiger charge is 2.37. The number of thiazole rings is 1. The van der Waals surface area contributed by atoms with Gasteiger partial charge in [0.05, 0.1) is 30.6 Å². The summed E-state index contributed by atoms with van der Waals surface area (Å²) in [6.07, 6.45) is 1.25. The highest BCUT2D eigenvalue weighted by molar-refractivity contribution is 9.10. The number of aryl methyl sites for hydroxylation is 1. The zero-order valence-electron chi connectivity index (χ0n) is 21.4. The first-order chi connectivity index (χ1) is 18.3. The van der Waals surface area contributed by atoms with Gasteiger partial charge in [-0.25, -0.2) is 9.79 Å². The lowest BCUT2D eigenvalue weighted by molar-refractivity contribution is -0.139. The van der Waals surface area contributed by atoms with E-state index in [1.807, 2.05) is 44.2 Å². The van der Waals surface area contributed by atoms with E-state index in [9.17, 15) is 14.4 Å². The average Bonchev–Trinajstić information content (AvgIpc) is 3.38. The van der Waals surface area contributed by atoms with Crippen LogP contribution in [0.25, 0.3) is 5.57 Å². The molecule has 0 saturated heterocycles. The Bertz CT molecular complexity index is 1700. The van der Waals surface area contributed by atoms with Crippen LogP contribution in [0.3, 0.4) is 0 Å². The molecule has 0 fully saturated rings. The van der Waals surface area contributed by atoms with Crippen molar-refractivity contribution in [2.24, 2.45) is 4.99 Å². The van der Waals surface area contributed by atoms with Crippen molar-refractivity contribution in [1.82, 2.24) is 4.57 Å². The van der Waals surface area contributed by atoms with Gasteiger partial charge in [0.25, 0.3) is 11.5 Å². The second-order valence-corrected chi connectivity index (χ2v) is 10.9. The summed E-state index contributed by atoms with van der Waals surface area (Å²) >= 11 is 4.68. The number of amides is 1. The number of methoxy groups -OCH3 is 1. The highest BCUT2D eigenvalue weighted by Crippen LogP contribution is 2.38. The number of nitrogens with zero attached hydrogens (tertiary/aromatic N) is 2. The van der Waals surface area contributed by atoms with Crippen LogP contribution in [0.4, 0.5) is 5.69 Å². The molecule has 196 valence electrons. The lowest BCUT2D eigenvalue weighted by Gasteiger charge is -2.27. The van der Waals surface area contributed by atoms with Crippen molar-refractivity contribution in [3.63, 3.8) is 0 Å². The fourth-order valence-electron chi connectivity index (χ4n) is 4.89. The topological polar surface area (TPSA) is 99.0 Å². The molecular weight excluding hydrogens is 570 g/mol. The van der Waals surface area contributed by atoms with Gasteiger partial charge in [-0.2, -0.15) is 0 Å². The van der Waals surface area contributed by atoms with Gasteiger partial charge in [0.15, 0.2) is 4.80 Å². The SMILES string of the molecule is CCCC1=C(C(=O)OCC)[C@H](c2cc(Br)ccc2OC)n2c(s/c(=C3/C(=O)Nc4ccc(C)cc43)c2=O)=N1. The molecule has 2 aromatic carbocycles. The summed E-state index contributed by atoms with van der Waals surface area (Å²) < 4.78 is 13.6. The zero-order valence-corrected chi connectivity index (χ0v) is 23.8. The van der Waals surface area contributed by atoms with E-state index in [4.69, 9.17) is 14.5 Å². The number of anilines is 1. The molecule has 8 nitrogen and oxygen atoms in total. The maximum absolute atomic E-state index is 14.2. The first-order valence-electron chi connectivity index (χ1n) is 12.3. The van der Waals surface area contributed by atoms with Crippen LogP contribution in [0.15, 0.2) is 61.9 Å². The number of hydrogen-bond acceptors (Lipinski definition) is 7. The number of benzene rings is 2. The summed E-state index contributed by atoms with van der Waals surface area (Å²) in [5.74, 6) is -0.370. The minimum absolute atomic E-state index is 0.176. The molecule has 0 aliphatic carbocycles. The maximum Gasteiger partial charge on any atom is 0.338 e. The summed E-state index contributed by atoms with van der Waals surface area (Å²) in [6, 6.07) is 10.2. The Morgan fingerprint density at radius 2 is 1.97 bits per heavy atom. The molecule has 0 bridgehead atoms. The molecule has 1 N–H and O–H groups in total. The Labute approximate surface area is 231 Å². The third kappa shape index (κ3) is 4.31. The largest absolute Gasteiger partial charge is 0.496 e. The van der Waals surface area contributed by atoms with Crippen LogP contribution >= 0.6 is 27.3 Å². The fraction of sp³-hybridized carbons (Fsp3) is 0.286. The van der Waals surface area contributed by atoms with E-state index in [1.54, 1.807) is 20.1 Å². The van der Waals surface area contributed by atoms with Gasteiger partial charge in [-0.15, -0.1) is 0 Å². The summed E-state index contributed by atoms with van der Waals surface area (Å²) in [6.45, 7) is 5.85. The van der Waals surface area contributed by atoms with Crippen molar-refractivity contribution in [1.29, 1.82) is 0 Å². The average molecular weight is 597 g/mol. The van der Waals surface area contributed by atoms with E-state index >= 15 is 0 Å². The molecule has 0 unspecified atom stereocenters. The van der Waals surface area contributed by atoms with Gasteiger partial charge in [-0.05, 0) is 50.6 Å². The smallest absolute Gasteiger partial charge is 0.338 e. The quantitative estimate of drug-likeness (QED) is 0.435. The van der Waals surface area contributed by atoms with Crippen LogP contribution in [0.5, 0.6) is 5.75 Å². The first kappa shape index (κ1) is 26.1. The molecule has 0 saturated carbocycles. The van der Waals surface area contributed by atoms with Crippen LogP contribution in [0.2, 0.25) is 0 Å². The Morgan fingerprint density at radius 3 is 2.68 bits per heavy atom. The van der Waals surface area contributed by atoms with Gasteiger partial charge >= 0.3 is 5.97 Å². The van der Waals surface area contributed by atoms with Crippen molar-refractivity contribution in [2.45, 2.75) is 39.7 Å². The third-order valence-electron chi connectivity index (χ3n) is 6.50. The molecular formula is C28H26BrN3O5S. The Balaban J connectivity index is 1.89. The third-order valence-corrected chi connectivity index (χ3v) is 8.05. The van der Waals surface area contributed by atoms with Crippen LogP contribution in [0, 0.1) is 6.92 Å². The number of fused-ring (bicyclic) bond motifs is 2. The van der Waals surface area contributed by atoms with Crippen molar-refractivity contribution in [3.05, 3.63) is 88.5 Å². The standard InChI is InChI=1S/C28H26BrN3O5S/c1-5-7-19-22(27(35)37-6-2)23(17-13-15(29)9-11-20(17)36-4)32-26(34)24(38-28(32)31-19)21-16-12-14(3)8-10-18(16)30-25(21)33/h8-13,23H,5-7H2,1-4H3,(H,30,33)/b24-21+/t23-/m0/s1. The predicted octanol–water partition coefficient (Wildman–Crippen LogP) is 3.98. The number of allylic oxidation sites excluding steroid dienone is 1. The number of hydrogen-bond donors (Lipinski definition) is 1. The summed E-state index contributed by atoms with van der Waals surface area (Å²) in [5.41, 5.74) is 3.67. The molecule has 1 amide bonds. The van der Waals surface area contributed by atoms with Gasteiger partial charge < -0.3 is 14.8 Å². The molecule has 2 aliphatic heterocycles. The summed E-state index contributed by atoms with van der Waals surface area (Å²) in [7, 11) is 1.54. The number of aromatic nitrogens is 1. The van der Waals surface area contributed by atoms with E-state index in [0.717, 1.165) is 27.8 Å². The molecule has 1 aromatic heterocycles. The lowest BCUT2D eigenvalue weighted by Crippen LogP contribution is -2.41. The minimum atomic E-state index is -0.852. The van der Waals surface area contributed by atoms with Gasteiger partial charge in [0.2, 0.25) is 0 Å². The maximum atomic E-state index is 14.2. The summed E-state index contributed by atoms with van der Waals surface area (Å²) in [4.78, 5) is 45.9. The number of esters is 1. The van der Waals surface area contributed by atoms with Crippen molar-refractivity contribution in [2.75, 3.05) is 19.0 Å². The van der Waals surface area contributed by atoms with Crippen LogP contribution in [-0.2, 0) is 14.3 Å². The van der Waals surface area contributed by atoms with Crippen molar-refractivity contribution in [3.8, 4) is 5.75 Å². The van der Waals surface area contributed by atoms with E-state index in [2.05, 4.69) is 21.2 Å². The number of ether oxygens (including phenoxy) is 2. The number of rotatable bonds is 6. The lowest BCUT2D eigenvalue weighted by atomic mass is 9.93. The van der Waals surface area contributed by atoms with Crippen LogP contribution in [0.1, 0.15) is 49.4 Å². The van der Waals surface area contributed by atoms with Crippen molar-refractivity contribution >= 4 is 50.4 Å². The Hall–Kier alpha value is -3.50. The molecule has 38 heavy (non-hydrogen) atoms. The molecule has 0 radical (unpaired) electrons. The van der Waals surface area contributed by atoms with Crippen LogP contribution in [-0.4, -0.2) is 30.2 Å². The normalized spacial score (nSPS) is 17.5.